The SMILES string of the molecule is O=[N+]([O-])c1ccc(Nc2cccc(CO)c2)nc1. The Hall–Kier alpha value is -2.47. The van der Waals surface area contributed by atoms with Crippen LogP contribution in [-0.2, 0) is 6.61 Å². The van der Waals surface area contributed by atoms with E-state index in [-0.39, 0.29) is 12.3 Å². The van der Waals surface area contributed by atoms with Gasteiger partial charge in [0.05, 0.1) is 11.5 Å². The highest BCUT2D eigenvalue weighted by molar-refractivity contribution is 5.57. The Labute approximate surface area is 103 Å². The minimum atomic E-state index is -0.497. The molecule has 0 aliphatic rings. The van der Waals surface area contributed by atoms with Crippen molar-refractivity contribution < 1.29 is 10.0 Å². The smallest absolute Gasteiger partial charge is 0.287 e. The summed E-state index contributed by atoms with van der Waals surface area (Å²) < 4.78 is 0. The molecule has 0 unspecified atom stereocenters. The first-order valence-electron chi connectivity index (χ1n) is 5.26. The van der Waals surface area contributed by atoms with Crippen LogP contribution in [0.15, 0.2) is 42.6 Å². The van der Waals surface area contributed by atoms with Gasteiger partial charge in [-0.1, -0.05) is 12.1 Å². The van der Waals surface area contributed by atoms with Gasteiger partial charge in [-0.2, -0.15) is 0 Å². The largest absolute Gasteiger partial charge is 0.392 e. The number of rotatable bonds is 4. The molecule has 0 spiro atoms. The molecule has 6 heteroatoms. The zero-order chi connectivity index (χ0) is 13.0. The maximum absolute atomic E-state index is 10.5. The number of aromatic nitrogens is 1. The summed E-state index contributed by atoms with van der Waals surface area (Å²) in [6.45, 7) is -0.0385. The third-order valence-electron chi connectivity index (χ3n) is 2.34. The molecule has 1 aromatic heterocycles. The van der Waals surface area contributed by atoms with E-state index in [0.29, 0.717) is 5.82 Å². The maximum atomic E-state index is 10.5. The van der Waals surface area contributed by atoms with E-state index in [9.17, 15) is 10.1 Å². The van der Waals surface area contributed by atoms with E-state index < -0.39 is 4.92 Å². The molecule has 0 saturated carbocycles. The molecule has 2 aromatic rings. The van der Waals surface area contributed by atoms with E-state index in [1.165, 1.54) is 18.3 Å². The molecular formula is C12H11N3O3. The summed E-state index contributed by atoms with van der Waals surface area (Å²) in [5.41, 5.74) is 1.49. The first kappa shape index (κ1) is 12.0. The molecule has 0 bridgehead atoms. The van der Waals surface area contributed by atoms with Crippen LogP contribution < -0.4 is 5.32 Å². The van der Waals surface area contributed by atoms with Crippen LogP contribution in [0.25, 0.3) is 0 Å². The van der Waals surface area contributed by atoms with Crippen molar-refractivity contribution >= 4 is 17.2 Å². The molecule has 0 amide bonds. The van der Waals surface area contributed by atoms with Crippen molar-refractivity contribution in [2.24, 2.45) is 0 Å². The standard InChI is InChI=1S/C12H11N3O3/c16-8-9-2-1-3-10(6-9)14-12-5-4-11(7-13-12)15(17)18/h1-7,16H,8H2,(H,13,14). The second-order valence-corrected chi connectivity index (χ2v) is 3.64. The zero-order valence-electron chi connectivity index (χ0n) is 9.41. The maximum Gasteiger partial charge on any atom is 0.287 e. The number of hydrogen-bond donors (Lipinski definition) is 2. The summed E-state index contributed by atoms with van der Waals surface area (Å²) in [6.07, 6.45) is 1.19. The topological polar surface area (TPSA) is 88.3 Å². The molecule has 92 valence electrons. The minimum absolute atomic E-state index is 0.0385. The van der Waals surface area contributed by atoms with Gasteiger partial charge in [0.25, 0.3) is 5.69 Å². The summed E-state index contributed by atoms with van der Waals surface area (Å²) >= 11 is 0. The van der Waals surface area contributed by atoms with E-state index in [1.54, 1.807) is 18.2 Å². The molecule has 18 heavy (non-hydrogen) atoms. The molecule has 1 heterocycles. The Balaban J connectivity index is 2.15. The van der Waals surface area contributed by atoms with Crippen LogP contribution in [-0.4, -0.2) is 15.0 Å². The lowest BCUT2D eigenvalue weighted by molar-refractivity contribution is -0.385. The Bertz CT molecular complexity index is 555. The van der Waals surface area contributed by atoms with Crippen molar-refractivity contribution in [2.45, 2.75) is 6.61 Å². The Morgan fingerprint density at radius 1 is 1.33 bits per heavy atom. The molecule has 2 N–H and O–H groups in total. The number of aliphatic hydroxyl groups excluding tert-OH is 1. The lowest BCUT2D eigenvalue weighted by atomic mass is 10.2. The molecule has 0 aliphatic carbocycles. The first-order chi connectivity index (χ1) is 8.69. The van der Waals surface area contributed by atoms with Crippen LogP contribution in [0.1, 0.15) is 5.56 Å². The Morgan fingerprint density at radius 2 is 2.17 bits per heavy atom. The number of nitrogens with zero attached hydrogens (tertiary/aromatic N) is 2. The molecule has 0 saturated heterocycles. The van der Waals surface area contributed by atoms with E-state index in [4.69, 9.17) is 5.11 Å². The molecule has 0 fully saturated rings. The summed E-state index contributed by atoms with van der Waals surface area (Å²) in [6, 6.07) is 10.1. The van der Waals surface area contributed by atoms with Gasteiger partial charge < -0.3 is 10.4 Å². The third-order valence-corrected chi connectivity index (χ3v) is 2.34. The zero-order valence-corrected chi connectivity index (χ0v) is 9.41. The van der Waals surface area contributed by atoms with Crippen molar-refractivity contribution in [3.05, 3.63) is 58.3 Å². The van der Waals surface area contributed by atoms with Gasteiger partial charge in [0.1, 0.15) is 12.0 Å². The molecule has 0 radical (unpaired) electrons. The number of nitro groups is 1. The highest BCUT2D eigenvalue weighted by Gasteiger charge is 2.05. The second kappa shape index (κ2) is 5.24. The predicted molar refractivity (Wildman–Crippen MR) is 66.5 cm³/mol. The van der Waals surface area contributed by atoms with E-state index in [1.807, 2.05) is 6.07 Å². The Morgan fingerprint density at radius 3 is 2.78 bits per heavy atom. The third kappa shape index (κ3) is 2.80. The lowest BCUT2D eigenvalue weighted by Crippen LogP contribution is -1.95. The number of anilines is 2. The van der Waals surface area contributed by atoms with Gasteiger partial charge in [0.15, 0.2) is 0 Å². The second-order valence-electron chi connectivity index (χ2n) is 3.64. The molecule has 2 rings (SSSR count). The van der Waals surface area contributed by atoms with Crippen molar-refractivity contribution in [1.82, 2.24) is 4.98 Å². The van der Waals surface area contributed by atoms with Gasteiger partial charge >= 0.3 is 0 Å². The number of aliphatic hydroxyl groups is 1. The molecule has 1 aromatic carbocycles. The average Bonchev–Trinajstić information content (AvgIpc) is 2.39. The Kier molecular flexibility index (Phi) is 3.49. The predicted octanol–water partition coefficient (Wildman–Crippen LogP) is 2.23. The summed E-state index contributed by atoms with van der Waals surface area (Å²) in [5.74, 6) is 0.510. The fraction of sp³-hybridized carbons (Fsp3) is 0.0833. The van der Waals surface area contributed by atoms with E-state index in [2.05, 4.69) is 10.3 Å². The average molecular weight is 245 g/mol. The van der Waals surface area contributed by atoms with Gasteiger partial charge in [-0.25, -0.2) is 4.98 Å². The van der Waals surface area contributed by atoms with E-state index in [0.717, 1.165) is 11.3 Å². The van der Waals surface area contributed by atoms with Gasteiger partial charge in [-0.3, -0.25) is 10.1 Å². The molecule has 0 aliphatic heterocycles. The quantitative estimate of drug-likeness (QED) is 0.637. The van der Waals surface area contributed by atoms with Gasteiger partial charge in [0.2, 0.25) is 0 Å². The summed E-state index contributed by atoms with van der Waals surface area (Å²) in [5, 5.41) is 22.5. The van der Waals surface area contributed by atoms with Crippen molar-refractivity contribution in [2.75, 3.05) is 5.32 Å². The van der Waals surface area contributed by atoms with Crippen LogP contribution in [0.2, 0.25) is 0 Å². The van der Waals surface area contributed by atoms with Gasteiger partial charge in [-0.15, -0.1) is 0 Å². The summed E-state index contributed by atoms with van der Waals surface area (Å²) in [4.78, 5) is 13.9. The molecular weight excluding hydrogens is 234 g/mol. The van der Waals surface area contributed by atoms with Crippen molar-refractivity contribution in [3.63, 3.8) is 0 Å². The van der Waals surface area contributed by atoms with Gasteiger partial charge in [-0.05, 0) is 23.8 Å². The number of pyridine rings is 1. The molecule has 6 nitrogen and oxygen atoms in total. The number of nitrogens with one attached hydrogen (secondary N) is 1. The normalized spacial score (nSPS) is 10.1. The number of benzene rings is 1. The lowest BCUT2D eigenvalue weighted by Gasteiger charge is -2.06. The van der Waals surface area contributed by atoms with Gasteiger partial charge in [0, 0.05) is 11.8 Å². The van der Waals surface area contributed by atoms with Crippen LogP contribution >= 0.6 is 0 Å². The highest BCUT2D eigenvalue weighted by Crippen LogP contribution is 2.18. The highest BCUT2D eigenvalue weighted by atomic mass is 16.6. The number of hydrogen-bond acceptors (Lipinski definition) is 5. The fourth-order valence-electron chi connectivity index (χ4n) is 1.46. The minimum Gasteiger partial charge on any atom is -0.392 e. The van der Waals surface area contributed by atoms with Crippen LogP contribution in [0, 0.1) is 10.1 Å². The fourth-order valence-corrected chi connectivity index (χ4v) is 1.46. The van der Waals surface area contributed by atoms with E-state index >= 15 is 0 Å². The van der Waals surface area contributed by atoms with Crippen LogP contribution in [0.4, 0.5) is 17.2 Å². The first-order valence-corrected chi connectivity index (χ1v) is 5.26. The van der Waals surface area contributed by atoms with Crippen molar-refractivity contribution in [3.8, 4) is 0 Å². The van der Waals surface area contributed by atoms with Crippen LogP contribution in [0.3, 0.4) is 0 Å². The monoisotopic (exact) mass is 245 g/mol. The van der Waals surface area contributed by atoms with Crippen LogP contribution in [0.5, 0.6) is 0 Å². The summed E-state index contributed by atoms with van der Waals surface area (Å²) in [7, 11) is 0. The van der Waals surface area contributed by atoms with Crippen molar-refractivity contribution in [1.29, 1.82) is 0 Å². The molecule has 0 atom stereocenters.